The highest BCUT2D eigenvalue weighted by molar-refractivity contribution is 5.94. The molecular weight excluding hydrogens is 242 g/mol. The number of carboxylic acids is 1. The van der Waals surface area contributed by atoms with Crippen LogP contribution in [0.1, 0.15) is 25.8 Å². The van der Waals surface area contributed by atoms with Crippen LogP contribution < -0.4 is 5.32 Å². The molecule has 0 bridgehead atoms. The molecule has 1 rings (SSSR count). The van der Waals surface area contributed by atoms with Gasteiger partial charge in [-0.15, -0.1) is 0 Å². The van der Waals surface area contributed by atoms with Crippen molar-refractivity contribution in [3.8, 4) is 0 Å². The predicted octanol–water partition coefficient (Wildman–Crippen LogP) is 2.32. The number of rotatable bonds is 6. The van der Waals surface area contributed by atoms with Gasteiger partial charge in [-0.2, -0.15) is 0 Å². The Morgan fingerprint density at radius 2 is 1.89 bits per heavy atom. The first-order valence-electron chi connectivity index (χ1n) is 6.25. The lowest BCUT2D eigenvalue weighted by molar-refractivity contribution is -0.141. The van der Waals surface area contributed by atoms with E-state index in [9.17, 15) is 9.59 Å². The van der Waals surface area contributed by atoms with Gasteiger partial charge in [0.1, 0.15) is 6.04 Å². The van der Waals surface area contributed by atoms with Crippen LogP contribution in [0, 0.1) is 5.92 Å². The average Bonchev–Trinajstić information content (AvgIpc) is 2.36. The van der Waals surface area contributed by atoms with Crippen molar-refractivity contribution in [2.45, 2.75) is 26.3 Å². The van der Waals surface area contributed by atoms with Crippen LogP contribution in [0.5, 0.6) is 0 Å². The van der Waals surface area contributed by atoms with Crippen molar-refractivity contribution in [2.24, 2.45) is 5.92 Å². The van der Waals surface area contributed by atoms with Crippen LogP contribution in [0.3, 0.4) is 0 Å². The Balaban J connectivity index is 2.58. The Kier molecular flexibility index (Phi) is 5.79. The smallest absolute Gasteiger partial charge is 0.326 e. The summed E-state index contributed by atoms with van der Waals surface area (Å²) in [5.74, 6) is -1.19. The van der Waals surface area contributed by atoms with Crippen LogP contribution in [-0.4, -0.2) is 23.0 Å². The van der Waals surface area contributed by atoms with Crippen molar-refractivity contribution in [1.82, 2.24) is 5.32 Å². The number of hydrogen-bond donors (Lipinski definition) is 2. The third-order valence-electron chi connectivity index (χ3n) is 2.55. The van der Waals surface area contributed by atoms with Crippen LogP contribution in [0.15, 0.2) is 36.4 Å². The molecule has 0 aliphatic heterocycles. The van der Waals surface area contributed by atoms with Gasteiger partial charge in [0.25, 0.3) is 0 Å². The maximum absolute atomic E-state index is 11.7. The van der Waals surface area contributed by atoms with Gasteiger partial charge in [-0.05, 0) is 24.0 Å². The number of hydrogen-bond acceptors (Lipinski definition) is 2. The van der Waals surface area contributed by atoms with Crippen LogP contribution in [0.25, 0.3) is 6.08 Å². The Morgan fingerprint density at radius 3 is 2.42 bits per heavy atom. The summed E-state index contributed by atoms with van der Waals surface area (Å²) in [6, 6.07) is 8.53. The fourth-order valence-corrected chi connectivity index (χ4v) is 1.65. The highest BCUT2D eigenvalue weighted by Gasteiger charge is 2.19. The summed E-state index contributed by atoms with van der Waals surface area (Å²) in [6.45, 7) is 3.84. The normalized spacial score (nSPS) is 12.6. The maximum atomic E-state index is 11.7. The summed E-state index contributed by atoms with van der Waals surface area (Å²) < 4.78 is 0. The second-order valence-electron chi connectivity index (χ2n) is 4.77. The van der Waals surface area contributed by atoms with Gasteiger partial charge in [0, 0.05) is 6.08 Å². The lowest BCUT2D eigenvalue weighted by atomic mass is 10.0. The fraction of sp³-hybridized carbons (Fsp3) is 0.333. The first kappa shape index (κ1) is 15.0. The molecule has 0 spiro atoms. The number of benzene rings is 1. The predicted molar refractivity (Wildman–Crippen MR) is 74.5 cm³/mol. The van der Waals surface area contributed by atoms with E-state index in [1.807, 2.05) is 44.2 Å². The fourth-order valence-electron chi connectivity index (χ4n) is 1.65. The molecule has 1 amide bonds. The molecule has 0 aromatic heterocycles. The average molecular weight is 261 g/mol. The van der Waals surface area contributed by atoms with E-state index in [2.05, 4.69) is 5.32 Å². The van der Waals surface area contributed by atoms with Crippen LogP contribution in [-0.2, 0) is 9.59 Å². The molecular formula is C15H19NO3. The molecule has 1 unspecified atom stereocenters. The summed E-state index contributed by atoms with van der Waals surface area (Å²) in [4.78, 5) is 22.7. The van der Waals surface area contributed by atoms with E-state index in [1.54, 1.807) is 6.08 Å². The van der Waals surface area contributed by atoms with E-state index in [1.165, 1.54) is 6.08 Å². The molecule has 4 nitrogen and oxygen atoms in total. The van der Waals surface area contributed by atoms with E-state index in [0.717, 1.165) is 5.56 Å². The zero-order chi connectivity index (χ0) is 14.3. The molecule has 4 heteroatoms. The molecule has 0 saturated carbocycles. The monoisotopic (exact) mass is 261 g/mol. The second kappa shape index (κ2) is 7.36. The van der Waals surface area contributed by atoms with Crippen molar-refractivity contribution in [3.63, 3.8) is 0 Å². The molecule has 1 aromatic rings. The Morgan fingerprint density at radius 1 is 1.26 bits per heavy atom. The standard InChI is InChI=1S/C15H19NO3/c1-11(2)10-13(15(18)19)16-14(17)9-8-12-6-4-3-5-7-12/h3-9,11,13H,10H2,1-2H3,(H,16,17)(H,18,19)/b9-8+. The molecule has 0 radical (unpaired) electrons. The molecule has 102 valence electrons. The number of nitrogens with one attached hydrogen (secondary N) is 1. The van der Waals surface area contributed by atoms with E-state index >= 15 is 0 Å². The van der Waals surface area contributed by atoms with Crippen molar-refractivity contribution in [2.75, 3.05) is 0 Å². The zero-order valence-electron chi connectivity index (χ0n) is 11.2. The molecule has 1 atom stereocenters. The lowest BCUT2D eigenvalue weighted by Gasteiger charge is -2.15. The Hall–Kier alpha value is -2.10. The summed E-state index contributed by atoms with van der Waals surface area (Å²) in [6.07, 6.45) is 3.43. The number of carbonyl (C=O) groups excluding carboxylic acids is 1. The molecule has 0 fully saturated rings. The number of amides is 1. The van der Waals surface area contributed by atoms with Gasteiger partial charge in [0.2, 0.25) is 5.91 Å². The minimum atomic E-state index is -1.00. The van der Waals surface area contributed by atoms with E-state index < -0.39 is 17.9 Å². The van der Waals surface area contributed by atoms with Crippen molar-refractivity contribution in [3.05, 3.63) is 42.0 Å². The summed E-state index contributed by atoms with van der Waals surface area (Å²) in [7, 11) is 0. The second-order valence-corrected chi connectivity index (χ2v) is 4.77. The van der Waals surface area contributed by atoms with E-state index in [4.69, 9.17) is 5.11 Å². The highest BCUT2D eigenvalue weighted by atomic mass is 16.4. The summed E-state index contributed by atoms with van der Waals surface area (Å²) in [5.41, 5.74) is 0.897. The van der Waals surface area contributed by atoms with E-state index in [-0.39, 0.29) is 5.92 Å². The summed E-state index contributed by atoms with van der Waals surface area (Å²) in [5, 5.41) is 11.5. The zero-order valence-corrected chi connectivity index (χ0v) is 11.2. The SMILES string of the molecule is CC(C)CC(NC(=O)/C=C/c1ccccc1)C(=O)O. The van der Waals surface area contributed by atoms with Crippen LogP contribution >= 0.6 is 0 Å². The van der Waals surface area contributed by atoms with Gasteiger partial charge in [0.15, 0.2) is 0 Å². The van der Waals surface area contributed by atoms with Crippen LogP contribution in [0.2, 0.25) is 0 Å². The third-order valence-corrected chi connectivity index (χ3v) is 2.55. The Labute approximate surface area is 113 Å². The molecule has 0 aliphatic carbocycles. The number of carbonyl (C=O) groups is 2. The quantitative estimate of drug-likeness (QED) is 0.772. The molecule has 2 N–H and O–H groups in total. The minimum Gasteiger partial charge on any atom is -0.480 e. The molecule has 1 aromatic carbocycles. The van der Waals surface area contributed by atoms with Crippen molar-refractivity contribution < 1.29 is 14.7 Å². The van der Waals surface area contributed by atoms with Crippen LogP contribution in [0.4, 0.5) is 0 Å². The van der Waals surface area contributed by atoms with Gasteiger partial charge >= 0.3 is 5.97 Å². The van der Waals surface area contributed by atoms with Gasteiger partial charge in [0.05, 0.1) is 0 Å². The molecule has 19 heavy (non-hydrogen) atoms. The molecule has 0 aliphatic rings. The first-order chi connectivity index (χ1) is 8.99. The molecule has 0 heterocycles. The topological polar surface area (TPSA) is 66.4 Å². The van der Waals surface area contributed by atoms with Crippen molar-refractivity contribution in [1.29, 1.82) is 0 Å². The highest BCUT2D eigenvalue weighted by Crippen LogP contribution is 2.05. The first-order valence-corrected chi connectivity index (χ1v) is 6.25. The maximum Gasteiger partial charge on any atom is 0.326 e. The largest absolute Gasteiger partial charge is 0.480 e. The van der Waals surface area contributed by atoms with Gasteiger partial charge in [-0.3, -0.25) is 4.79 Å². The minimum absolute atomic E-state index is 0.208. The molecule has 0 saturated heterocycles. The van der Waals surface area contributed by atoms with Gasteiger partial charge in [-0.1, -0.05) is 44.2 Å². The summed E-state index contributed by atoms with van der Waals surface area (Å²) >= 11 is 0. The Bertz CT molecular complexity index is 452. The van der Waals surface area contributed by atoms with E-state index in [0.29, 0.717) is 6.42 Å². The number of carboxylic acid groups (broad SMARTS) is 1. The third kappa shape index (κ3) is 5.86. The lowest BCUT2D eigenvalue weighted by Crippen LogP contribution is -2.40. The van der Waals surface area contributed by atoms with Crippen molar-refractivity contribution >= 4 is 18.0 Å². The van der Waals surface area contributed by atoms with Gasteiger partial charge < -0.3 is 10.4 Å². The number of aliphatic carboxylic acids is 1. The van der Waals surface area contributed by atoms with Gasteiger partial charge in [-0.25, -0.2) is 4.79 Å².